The number of carboxylic acids is 1. The molecule has 22 heavy (non-hydrogen) atoms. The van der Waals surface area contributed by atoms with Gasteiger partial charge in [0.1, 0.15) is 11.7 Å². The van der Waals surface area contributed by atoms with E-state index in [1.54, 1.807) is 19.2 Å². The summed E-state index contributed by atoms with van der Waals surface area (Å²) in [6, 6.07) is 8.95. The molecule has 0 aliphatic heterocycles. The molecule has 0 radical (unpaired) electrons. The fourth-order valence-corrected chi connectivity index (χ4v) is 2.80. The van der Waals surface area contributed by atoms with Crippen LogP contribution in [-0.2, 0) is 11.2 Å². The van der Waals surface area contributed by atoms with Crippen LogP contribution in [0.3, 0.4) is 0 Å². The monoisotopic (exact) mass is 318 g/mol. The van der Waals surface area contributed by atoms with E-state index < -0.39 is 17.9 Å². The van der Waals surface area contributed by atoms with Gasteiger partial charge in [0.25, 0.3) is 5.91 Å². The number of nitrogens with zero attached hydrogens (tertiary/aromatic N) is 1. The van der Waals surface area contributed by atoms with Crippen LogP contribution in [0.25, 0.3) is 0 Å². The Bertz CT molecular complexity index is 652. The molecule has 1 amide bonds. The normalized spacial score (nSPS) is 12.1. The lowest BCUT2D eigenvalue weighted by Crippen LogP contribution is -2.44. The van der Waals surface area contributed by atoms with E-state index in [0.717, 1.165) is 10.6 Å². The molecule has 6 heteroatoms. The van der Waals surface area contributed by atoms with Crippen LogP contribution in [-0.4, -0.2) is 28.0 Å². The van der Waals surface area contributed by atoms with Gasteiger partial charge in [-0.2, -0.15) is 0 Å². The Kier molecular flexibility index (Phi) is 5.27. The first kappa shape index (κ1) is 16.2. The van der Waals surface area contributed by atoms with Crippen LogP contribution in [0.15, 0.2) is 35.7 Å². The molecule has 1 aromatic carbocycles. The highest BCUT2D eigenvalue weighted by molar-refractivity contribution is 7.09. The van der Waals surface area contributed by atoms with Crippen molar-refractivity contribution in [3.05, 3.63) is 52.0 Å². The Hall–Kier alpha value is -2.21. The number of aromatic nitrogens is 1. The number of hydrogen-bond donors (Lipinski definition) is 2. The average molecular weight is 318 g/mol. The molecule has 0 saturated carbocycles. The zero-order valence-electron chi connectivity index (χ0n) is 12.4. The summed E-state index contributed by atoms with van der Waals surface area (Å²) < 4.78 is 0. The summed E-state index contributed by atoms with van der Waals surface area (Å²) in [7, 11) is 0. The minimum absolute atomic E-state index is 0.191. The Morgan fingerprint density at radius 3 is 2.55 bits per heavy atom. The van der Waals surface area contributed by atoms with Crippen molar-refractivity contribution in [2.45, 2.75) is 26.3 Å². The van der Waals surface area contributed by atoms with Crippen LogP contribution >= 0.6 is 11.3 Å². The molecule has 116 valence electrons. The molecule has 1 atom stereocenters. The number of nitrogens with one attached hydrogen (secondary N) is 1. The predicted molar refractivity (Wildman–Crippen MR) is 85.1 cm³/mol. The molecule has 5 nitrogen and oxygen atoms in total. The number of benzene rings is 1. The Balaban J connectivity index is 2.04. The van der Waals surface area contributed by atoms with Crippen molar-refractivity contribution in [2.75, 3.05) is 0 Å². The molecule has 0 fully saturated rings. The number of carbonyl (C=O) groups is 2. The van der Waals surface area contributed by atoms with Crippen molar-refractivity contribution in [3.63, 3.8) is 0 Å². The van der Waals surface area contributed by atoms with E-state index in [9.17, 15) is 9.59 Å². The summed E-state index contributed by atoms with van der Waals surface area (Å²) in [5, 5.41) is 14.1. The topological polar surface area (TPSA) is 79.3 Å². The molecule has 2 N–H and O–H groups in total. The van der Waals surface area contributed by atoms with Gasteiger partial charge in [-0.15, -0.1) is 11.3 Å². The number of aliphatic carboxylic acids is 1. The largest absolute Gasteiger partial charge is 0.480 e. The fourth-order valence-electron chi connectivity index (χ4n) is 2.00. The molecule has 0 aliphatic carbocycles. The molecule has 0 saturated heterocycles. The summed E-state index contributed by atoms with van der Waals surface area (Å²) in [5.74, 6) is -1.68. The van der Waals surface area contributed by atoms with Gasteiger partial charge in [0.05, 0.1) is 5.01 Å². The zero-order valence-corrected chi connectivity index (χ0v) is 13.3. The SMILES string of the molecule is CC(C)C(NC(=O)c1csc(Cc2ccccc2)n1)C(=O)O. The predicted octanol–water partition coefficient (Wildman–Crippen LogP) is 2.57. The summed E-state index contributed by atoms with van der Waals surface area (Å²) >= 11 is 1.40. The van der Waals surface area contributed by atoms with Gasteiger partial charge in [-0.1, -0.05) is 44.2 Å². The van der Waals surface area contributed by atoms with E-state index in [1.807, 2.05) is 30.3 Å². The van der Waals surface area contributed by atoms with Crippen LogP contribution in [0.5, 0.6) is 0 Å². The summed E-state index contributed by atoms with van der Waals surface area (Å²) in [6.07, 6.45) is 0.658. The molecular formula is C16H18N2O3S. The maximum absolute atomic E-state index is 12.1. The fraction of sp³-hybridized carbons (Fsp3) is 0.312. The van der Waals surface area contributed by atoms with Gasteiger partial charge >= 0.3 is 5.97 Å². The second-order valence-corrected chi connectivity index (χ2v) is 6.26. The van der Waals surface area contributed by atoms with E-state index >= 15 is 0 Å². The first-order chi connectivity index (χ1) is 10.5. The molecule has 2 rings (SSSR count). The third kappa shape index (κ3) is 4.14. The Morgan fingerprint density at radius 2 is 1.95 bits per heavy atom. The summed E-state index contributed by atoms with van der Waals surface area (Å²) in [4.78, 5) is 27.5. The standard InChI is InChI=1S/C16H18N2O3S/c1-10(2)14(16(20)21)18-15(19)12-9-22-13(17-12)8-11-6-4-3-5-7-11/h3-7,9-10,14H,8H2,1-2H3,(H,18,19)(H,20,21). The molecule has 0 aliphatic rings. The van der Waals surface area contributed by atoms with Crippen molar-refractivity contribution < 1.29 is 14.7 Å². The van der Waals surface area contributed by atoms with E-state index in [0.29, 0.717) is 6.42 Å². The van der Waals surface area contributed by atoms with E-state index in [1.165, 1.54) is 11.3 Å². The van der Waals surface area contributed by atoms with E-state index in [-0.39, 0.29) is 11.6 Å². The number of thiazole rings is 1. The summed E-state index contributed by atoms with van der Waals surface area (Å²) in [5.41, 5.74) is 1.39. The van der Waals surface area contributed by atoms with Crippen LogP contribution in [0.2, 0.25) is 0 Å². The van der Waals surface area contributed by atoms with Gasteiger partial charge in [0, 0.05) is 11.8 Å². The maximum Gasteiger partial charge on any atom is 0.326 e. The lowest BCUT2D eigenvalue weighted by atomic mass is 10.0. The van der Waals surface area contributed by atoms with Crippen LogP contribution in [0.1, 0.15) is 34.9 Å². The Labute approximate surface area is 133 Å². The first-order valence-corrected chi connectivity index (χ1v) is 7.87. The van der Waals surface area contributed by atoms with Crippen LogP contribution in [0, 0.1) is 5.92 Å². The lowest BCUT2D eigenvalue weighted by molar-refractivity contribution is -0.140. The maximum atomic E-state index is 12.1. The molecule has 1 heterocycles. The van der Waals surface area contributed by atoms with E-state index in [4.69, 9.17) is 5.11 Å². The number of carboxylic acid groups (broad SMARTS) is 1. The van der Waals surface area contributed by atoms with Crippen LogP contribution in [0.4, 0.5) is 0 Å². The number of rotatable bonds is 6. The molecule has 2 aromatic rings. The number of hydrogen-bond acceptors (Lipinski definition) is 4. The van der Waals surface area contributed by atoms with Gasteiger partial charge < -0.3 is 10.4 Å². The minimum Gasteiger partial charge on any atom is -0.480 e. The molecule has 0 spiro atoms. The third-order valence-corrected chi connectivity index (χ3v) is 4.05. The van der Waals surface area contributed by atoms with Crippen molar-refractivity contribution >= 4 is 23.2 Å². The zero-order chi connectivity index (χ0) is 16.1. The van der Waals surface area contributed by atoms with Gasteiger partial charge in [-0.25, -0.2) is 9.78 Å². The summed E-state index contributed by atoms with van der Waals surface area (Å²) in [6.45, 7) is 3.50. The smallest absolute Gasteiger partial charge is 0.326 e. The number of amides is 1. The second kappa shape index (κ2) is 7.17. The van der Waals surface area contributed by atoms with E-state index in [2.05, 4.69) is 10.3 Å². The quantitative estimate of drug-likeness (QED) is 0.858. The molecule has 1 aromatic heterocycles. The highest BCUT2D eigenvalue weighted by Crippen LogP contribution is 2.15. The van der Waals surface area contributed by atoms with Gasteiger partial charge in [0.15, 0.2) is 0 Å². The second-order valence-electron chi connectivity index (χ2n) is 5.32. The van der Waals surface area contributed by atoms with Crippen molar-refractivity contribution in [1.29, 1.82) is 0 Å². The van der Waals surface area contributed by atoms with Gasteiger partial charge in [-0.05, 0) is 11.5 Å². The van der Waals surface area contributed by atoms with Gasteiger partial charge in [0.2, 0.25) is 0 Å². The lowest BCUT2D eigenvalue weighted by Gasteiger charge is -2.16. The molecule has 0 bridgehead atoms. The van der Waals surface area contributed by atoms with Crippen molar-refractivity contribution in [3.8, 4) is 0 Å². The van der Waals surface area contributed by atoms with Crippen LogP contribution < -0.4 is 5.32 Å². The first-order valence-electron chi connectivity index (χ1n) is 6.99. The minimum atomic E-state index is -1.04. The molecular weight excluding hydrogens is 300 g/mol. The highest BCUT2D eigenvalue weighted by atomic mass is 32.1. The number of carbonyl (C=O) groups excluding carboxylic acids is 1. The Morgan fingerprint density at radius 1 is 1.27 bits per heavy atom. The third-order valence-electron chi connectivity index (χ3n) is 3.20. The van der Waals surface area contributed by atoms with Crippen molar-refractivity contribution in [1.82, 2.24) is 10.3 Å². The van der Waals surface area contributed by atoms with Gasteiger partial charge in [-0.3, -0.25) is 4.79 Å². The highest BCUT2D eigenvalue weighted by Gasteiger charge is 2.24. The average Bonchev–Trinajstić information content (AvgIpc) is 2.93. The molecule has 1 unspecified atom stereocenters. The van der Waals surface area contributed by atoms with Crippen molar-refractivity contribution in [2.24, 2.45) is 5.92 Å².